The summed E-state index contributed by atoms with van der Waals surface area (Å²) in [6, 6.07) is 21.9. The molecule has 4 nitrogen and oxygen atoms in total. The molecule has 1 N–H and O–H groups in total. The van der Waals surface area contributed by atoms with Crippen LogP contribution in [-0.2, 0) is 10.2 Å². The molecular formula is C27H24Cl2N2O2. The smallest absolute Gasteiger partial charge is 0.317 e. The second kappa shape index (κ2) is 8.60. The SMILES string of the molecule is Cc1ccccc1[C@H]1N(CC(=O)O)CC[C@@H](c2cccc(Cl)c2)[C@]12C=Nc1cc(Cl)ccc12. The summed E-state index contributed by atoms with van der Waals surface area (Å²) in [4.78, 5) is 18.8. The summed E-state index contributed by atoms with van der Waals surface area (Å²) in [6.45, 7) is 2.70. The van der Waals surface area contributed by atoms with E-state index < -0.39 is 11.4 Å². The molecule has 3 atom stereocenters. The number of aryl methyl sites for hydroxylation is 1. The van der Waals surface area contributed by atoms with Gasteiger partial charge >= 0.3 is 5.97 Å². The predicted molar refractivity (Wildman–Crippen MR) is 133 cm³/mol. The van der Waals surface area contributed by atoms with Crippen molar-refractivity contribution in [2.24, 2.45) is 4.99 Å². The van der Waals surface area contributed by atoms with Gasteiger partial charge < -0.3 is 5.11 Å². The average molecular weight is 479 g/mol. The molecule has 0 unspecified atom stereocenters. The lowest BCUT2D eigenvalue weighted by atomic mass is 9.59. The Morgan fingerprint density at radius 1 is 1.09 bits per heavy atom. The fraction of sp³-hybridized carbons (Fsp3) is 0.259. The van der Waals surface area contributed by atoms with Crippen LogP contribution in [0, 0.1) is 6.92 Å². The van der Waals surface area contributed by atoms with Crippen molar-refractivity contribution >= 4 is 41.1 Å². The van der Waals surface area contributed by atoms with E-state index in [1.807, 2.05) is 48.7 Å². The highest BCUT2D eigenvalue weighted by Crippen LogP contribution is 2.59. The van der Waals surface area contributed by atoms with Crippen molar-refractivity contribution < 1.29 is 9.90 Å². The molecule has 1 spiro atoms. The molecular weight excluding hydrogens is 455 g/mol. The van der Waals surface area contributed by atoms with Crippen LogP contribution in [0.15, 0.2) is 71.7 Å². The topological polar surface area (TPSA) is 52.9 Å². The van der Waals surface area contributed by atoms with Crippen molar-refractivity contribution in [1.82, 2.24) is 4.90 Å². The highest BCUT2D eigenvalue weighted by molar-refractivity contribution is 6.31. The van der Waals surface area contributed by atoms with E-state index in [1.54, 1.807) is 0 Å². The maximum atomic E-state index is 11.9. The third-order valence-electron chi connectivity index (χ3n) is 7.02. The van der Waals surface area contributed by atoms with E-state index in [0.29, 0.717) is 16.6 Å². The number of likely N-dealkylation sites (tertiary alicyclic amines) is 1. The Kier molecular flexibility index (Phi) is 5.77. The van der Waals surface area contributed by atoms with Crippen LogP contribution in [0.5, 0.6) is 0 Å². The number of fused-ring (bicyclic) bond motifs is 2. The van der Waals surface area contributed by atoms with Crippen LogP contribution in [0.1, 0.15) is 40.6 Å². The molecule has 33 heavy (non-hydrogen) atoms. The van der Waals surface area contributed by atoms with Crippen molar-refractivity contribution in [2.45, 2.75) is 30.7 Å². The molecule has 6 heteroatoms. The van der Waals surface area contributed by atoms with Crippen LogP contribution >= 0.6 is 23.2 Å². The molecule has 0 aliphatic carbocycles. The summed E-state index contributed by atoms with van der Waals surface area (Å²) in [5, 5.41) is 11.1. The van der Waals surface area contributed by atoms with Crippen LogP contribution < -0.4 is 0 Å². The highest BCUT2D eigenvalue weighted by Gasteiger charge is 2.55. The Bertz CT molecular complexity index is 1260. The molecule has 1 fully saturated rings. The number of rotatable bonds is 4. The lowest BCUT2D eigenvalue weighted by Gasteiger charge is -2.52. The molecule has 0 saturated carbocycles. The maximum Gasteiger partial charge on any atom is 0.317 e. The van der Waals surface area contributed by atoms with Gasteiger partial charge in [-0.25, -0.2) is 0 Å². The number of aliphatic carboxylic acids is 1. The number of aliphatic imine (C=N–C) groups is 1. The molecule has 0 radical (unpaired) electrons. The summed E-state index contributed by atoms with van der Waals surface area (Å²) < 4.78 is 0. The van der Waals surface area contributed by atoms with Crippen LogP contribution in [0.4, 0.5) is 5.69 Å². The normalized spacial score (nSPS) is 24.2. The van der Waals surface area contributed by atoms with Gasteiger partial charge in [-0.3, -0.25) is 14.7 Å². The molecule has 3 aromatic carbocycles. The minimum atomic E-state index is -0.837. The molecule has 168 valence electrons. The Morgan fingerprint density at radius 2 is 1.88 bits per heavy atom. The van der Waals surface area contributed by atoms with Crippen molar-refractivity contribution in [1.29, 1.82) is 0 Å². The number of benzene rings is 3. The Balaban J connectivity index is 1.79. The van der Waals surface area contributed by atoms with Gasteiger partial charge in [-0.15, -0.1) is 0 Å². The fourth-order valence-electron chi connectivity index (χ4n) is 5.73. The van der Waals surface area contributed by atoms with Gasteiger partial charge in [0.1, 0.15) is 0 Å². The lowest BCUT2D eigenvalue weighted by molar-refractivity contribution is -0.139. The number of piperidine rings is 1. The monoisotopic (exact) mass is 478 g/mol. The van der Waals surface area contributed by atoms with E-state index in [4.69, 9.17) is 28.2 Å². The summed E-state index contributed by atoms with van der Waals surface area (Å²) >= 11 is 12.7. The van der Waals surface area contributed by atoms with Crippen LogP contribution in [-0.4, -0.2) is 35.3 Å². The lowest BCUT2D eigenvalue weighted by Crippen LogP contribution is -2.54. The second-order valence-corrected chi connectivity index (χ2v) is 9.75. The first-order valence-corrected chi connectivity index (χ1v) is 11.8. The van der Waals surface area contributed by atoms with Gasteiger partial charge in [0.05, 0.1) is 23.7 Å². The number of carboxylic acid groups (broad SMARTS) is 1. The first kappa shape index (κ1) is 22.1. The van der Waals surface area contributed by atoms with Crippen molar-refractivity contribution in [3.63, 3.8) is 0 Å². The number of carbonyl (C=O) groups is 1. The summed E-state index contributed by atoms with van der Waals surface area (Å²) in [5.74, 6) is -0.770. The minimum Gasteiger partial charge on any atom is -0.480 e. The summed E-state index contributed by atoms with van der Waals surface area (Å²) in [5.41, 5.74) is 4.71. The van der Waals surface area contributed by atoms with E-state index >= 15 is 0 Å². The van der Waals surface area contributed by atoms with Gasteiger partial charge in [-0.1, -0.05) is 65.7 Å². The van der Waals surface area contributed by atoms with E-state index in [9.17, 15) is 9.90 Å². The highest BCUT2D eigenvalue weighted by atomic mass is 35.5. The Morgan fingerprint density at radius 3 is 2.64 bits per heavy atom. The minimum absolute atomic E-state index is 0.0419. The number of carboxylic acids is 1. The molecule has 2 heterocycles. The molecule has 2 aliphatic rings. The summed E-state index contributed by atoms with van der Waals surface area (Å²) in [6.07, 6.45) is 2.81. The largest absolute Gasteiger partial charge is 0.480 e. The predicted octanol–water partition coefficient (Wildman–Crippen LogP) is 6.57. The zero-order valence-corrected chi connectivity index (χ0v) is 19.7. The zero-order chi connectivity index (χ0) is 23.2. The molecule has 5 rings (SSSR count). The zero-order valence-electron chi connectivity index (χ0n) is 18.2. The first-order chi connectivity index (χ1) is 15.9. The molecule has 1 saturated heterocycles. The van der Waals surface area contributed by atoms with Gasteiger partial charge in [0.2, 0.25) is 0 Å². The van der Waals surface area contributed by atoms with Crippen molar-refractivity contribution in [3.05, 3.63) is 99.0 Å². The van der Waals surface area contributed by atoms with Crippen LogP contribution in [0.2, 0.25) is 10.0 Å². The molecule has 0 bridgehead atoms. The quantitative estimate of drug-likeness (QED) is 0.461. The van der Waals surface area contributed by atoms with Gasteiger partial charge in [0.25, 0.3) is 0 Å². The van der Waals surface area contributed by atoms with E-state index in [1.165, 1.54) is 0 Å². The molecule has 0 amide bonds. The third kappa shape index (κ3) is 3.76. The molecule has 3 aromatic rings. The van der Waals surface area contributed by atoms with E-state index in [2.05, 4.69) is 36.1 Å². The molecule has 2 aliphatic heterocycles. The average Bonchev–Trinajstić information content (AvgIpc) is 3.13. The summed E-state index contributed by atoms with van der Waals surface area (Å²) in [7, 11) is 0. The third-order valence-corrected chi connectivity index (χ3v) is 7.49. The first-order valence-electron chi connectivity index (χ1n) is 11.0. The number of halogens is 2. The van der Waals surface area contributed by atoms with E-state index in [-0.39, 0.29) is 18.5 Å². The fourth-order valence-corrected chi connectivity index (χ4v) is 6.10. The molecule has 0 aromatic heterocycles. The van der Waals surface area contributed by atoms with Gasteiger partial charge in [-0.2, -0.15) is 0 Å². The Labute approximate surface area is 203 Å². The van der Waals surface area contributed by atoms with Gasteiger partial charge in [-0.05, 0) is 59.9 Å². The van der Waals surface area contributed by atoms with Crippen molar-refractivity contribution in [3.8, 4) is 0 Å². The van der Waals surface area contributed by atoms with E-state index in [0.717, 1.165) is 34.4 Å². The van der Waals surface area contributed by atoms with Gasteiger partial charge in [0.15, 0.2) is 0 Å². The number of hydrogen-bond donors (Lipinski definition) is 1. The number of hydrogen-bond acceptors (Lipinski definition) is 3. The number of nitrogens with zero attached hydrogens (tertiary/aromatic N) is 2. The Hall–Kier alpha value is -2.66. The maximum absolute atomic E-state index is 11.9. The second-order valence-electron chi connectivity index (χ2n) is 8.87. The van der Waals surface area contributed by atoms with Crippen LogP contribution in [0.25, 0.3) is 0 Å². The standard InChI is InChI=1S/C27H24Cl2N2O2/c1-17-5-2-3-8-21(17)26-27(16-30-24-14-20(29)9-10-23(24)27)22(11-12-31(26)15-25(32)33)18-6-4-7-19(28)13-18/h2-10,13-14,16,22,26H,11-12,15H2,1H3,(H,32,33)/t22-,26+,27-/m0/s1. The van der Waals surface area contributed by atoms with Crippen LogP contribution in [0.3, 0.4) is 0 Å². The van der Waals surface area contributed by atoms with Crippen molar-refractivity contribution in [2.75, 3.05) is 13.1 Å². The van der Waals surface area contributed by atoms with Gasteiger partial charge in [0, 0.05) is 28.7 Å².